The summed E-state index contributed by atoms with van der Waals surface area (Å²) in [5.41, 5.74) is 12.4. The smallest absolute Gasteiger partial charge is 0.508 e. The molecule has 0 atom stereocenters. The van der Waals surface area contributed by atoms with Crippen LogP contribution in [-0.4, -0.2) is 10.2 Å². The standard InChI is InChI=1S/2C16H13.2C11H16O.C2H5.Zr/c2*1-12-10-14-8-5-9-15(16(14)11-12)13-6-3-2-4-7-13;2*1-8-5-6-10(12)9(7-8)11(2,3)4;1-2;/h2*2-11H,1H3;2*5-7,12H,1-4H3;1H2,2H3;/q2*-1;;;-1;+3. The fourth-order valence-electron chi connectivity index (χ4n) is 7.01. The van der Waals surface area contributed by atoms with Gasteiger partial charge < -0.3 is 17.1 Å². The summed E-state index contributed by atoms with van der Waals surface area (Å²) < 4.78 is 0. The van der Waals surface area contributed by atoms with Crippen LogP contribution in [0.3, 0.4) is 0 Å². The molecule has 1 radical (unpaired) electrons. The molecule has 0 saturated carbocycles. The largest absolute Gasteiger partial charge is 3.00 e. The van der Waals surface area contributed by atoms with E-state index in [1.807, 2.05) is 38.1 Å². The topological polar surface area (TPSA) is 40.5 Å². The van der Waals surface area contributed by atoms with Gasteiger partial charge in [-0.05, 0) is 59.1 Å². The molecule has 0 heterocycles. The molecule has 0 fully saturated rings. The van der Waals surface area contributed by atoms with Gasteiger partial charge in [-0.25, -0.2) is 0 Å². The first kappa shape index (κ1) is 48.4. The van der Waals surface area contributed by atoms with Crippen molar-refractivity contribution < 1.29 is 36.4 Å². The number of phenolic OH excluding ortho intramolecular Hbond substituents is 2. The number of hydrogen-bond donors (Lipinski definition) is 2. The molecule has 3 heteroatoms. The van der Waals surface area contributed by atoms with Gasteiger partial charge in [0.2, 0.25) is 0 Å². The fourth-order valence-corrected chi connectivity index (χ4v) is 7.01. The molecule has 0 unspecified atom stereocenters. The molecule has 2 N–H and O–H groups in total. The zero-order valence-electron chi connectivity index (χ0n) is 37.1. The summed E-state index contributed by atoms with van der Waals surface area (Å²) in [5, 5.41) is 24.5. The molecule has 8 aromatic carbocycles. The van der Waals surface area contributed by atoms with E-state index in [4.69, 9.17) is 0 Å². The van der Waals surface area contributed by atoms with Crippen LogP contribution in [0.1, 0.15) is 81.8 Å². The maximum Gasteiger partial charge on any atom is 3.00 e. The van der Waals surface area contributed by atoms with Gasteiger partial charge in [-0.15, -0.1) is 69.1 Å². The van der Waals surface area contributed by atoms with Crippen molar-refractivity contribution in [2.45, 2.75) is 87.0 Å². The molecule has 0 aliphatic carbocycles. The van der Waals surface area contributed by atoms with Crippen molar-refractivity contribution in [2.24, 2.45) is 0 Å². The van der Waals surface area contributed by atoms with E-state index < -0.39 is 0 Å². The third-order valence-corrected chi connectivity index (χ3v) is 9.88. The molecular weight excluding hydrogens is 796 g/mol. The van der Waals surface area contributed by atoms with E-state index in [9.17, 15) is 10.2 Å². The number of hydrogen-bond acceptors (Lipinski definition) is 2. The molecule has 0 saturated heterocycles. The number of fused-ring (bicyclic) bond motifs is 2. The van der Waals surface area contributed by atoms with Crippen molar-refractivity contribution in [3.8, 4) is 33.8 Å². The summed E-state index contributed by atoms with van der Waals surface area (Å²) in [6, 6.07) is 54.5. The van der Waals surface area contributed by atoms with Crippen molar-refractivity contribution in [1.82, 2.24) is 0 Å². The zero-order chi connectivity index (χ0) is 42.6. The third-order valence-electron chi connectivity index (χ3n) is 9.88. The van der Waals surface area contributed by atoms with E-state index >= 15 is 0 Å². The van der Waals surface area contributed by atoms with E-state index in [0.29, 0.717) is 11.5 Å². The van der Waals surface area contributed by atoms with E-state index in [-0.39, 0.29) is 37.0 Å². The number of rotatable bonds is 2. The second-order valence-corrected chi connectivity index (χ2v) is 17.0. The summed E-state index contributed by atoms with van der Waals surface area (Å²) in [4.78, 5) is 0. The van der Waals surface area contributed by atoms with Gasteiger partial charge in [0.25, 0.3) is 0 Å². The minimum Gasteiger partial charge on any atom is -0.508 e. The maximum atomic E-state index is 9.57. The molecule has 0 aliphatic heterocycles. The van der Waals surface area contributed by atoms with Crippen LogP contribution < -0.4 is 0 Å². The molecule has 0 amide bonds. The van der Waals surface area contributed by atoms with Crippen molar-refractivity contribution in [2.75, 3.05) is 0 Å². The number of benzene rings is 6. The van der Waals surface area contributed by atoms with Gasteiger partial charge in [0.05, 0.1) is 0 Å². The fraction of sp³-hybridized carbons (Fsp3) is 0.232. The van der Waals surface area contributed by atoms with Crippen LogP contribution in [0.5, 0.6) is 11.5 Å². The molecule has 0 bridgehead atoms. The predicted molar refractivity (Wildman–Crippen MR) is 254 cm³/mol. The number of phenols is 2. The van der Waals surface area contributed by atoms with Crippen LogP contribution in [-0.2, 0) is 37.0 Å². The average Bonchev–Trinajstić information content (AvgIpc) is 3.79. The van der Waals surface area contributed by atoms with Crippen molar-refractivity contribution in [3.63, 3.8) is 0 Å². The van der Waals surface area contributed by atoms with Gasteiger partial charge in [0.15, 0.2) is 0 Å². The van der Waals surface area contributed by atoms with Gasteiger partial charge in [-0.3, -0.25) is 0 Å². The van der Waals surface area contributed by atoms with Crippen molar-refractivity contribution in [3.05, 3.63) is 198 Å². The molecule has 8 rings (SSSR count). The van der Waals surface area contributed by atoms with Crippen LogP contribution in [0.15, 0.2) is 158 Å². The zero-order valence-corrected chi connectivity index (χ0v) is 39.6. The van der Waals surface area contributed by atoms with Crippen molar-refractivity contribution >= 4 is 21.5 Å². The Hall–Kier alpha value is -4.98. The van der Waals surface area contributed by atoms with Gasteiger partial charge in [-0.1, -0.05) is 175 Å². The van der Waals surface area contributed by atoms with Gasteiger partial charge in [0, 0.05) is 0 Å². The van der Waals surface area contributed by atoms with Gasteiger partial charge in [0.1, 0.15) is 11.5 Å². The monoisotopic (exact) mass is 857 g/mol. The van der Waals surface area contributed by atoms with Gasteiger partial charge in [-0.2, -0.15) is 19.1 Å². The average molecular weight is 859 g/mol. The van der Waals surface area contributed by atoms with Gasteiger partial charge >= 0.3 is 26.2 Å². The molecular formula is C56H63O2Zr. The Labute approximate surface area is 374 Å². The molecule has 2 nitrogen and oxygen atoms in total. The maximum absolute atomic E-state index is 9.57. The molecule has 303 valence electrons. The Balaban J connectivity index is 0.000000208. The van der Waals surface area contributed by atoms with Crippen LogP contribution in [0.25, 0.3) is 43.8 Å². The molecule has 59 heavy (non-hydrogen) atoms. The predicted octanol–water partition coefficient (Wildman–Crippen LogP) is 15.9. The van der Waals surface area contributed by atoms with E-state index in [2.05, 4.69) is 184 Å². The minimum absolute atomic E-state index is 0. The minimum atomic E-state index is 0. The first-order valence-electron chi connectivity index (χ1n) is 20.2. The first-order chi connectivity index (χ1) is 27.5. The molecule has 0 aromatic heterocycles. The van der Waals surface area contributed by atoms with Crippen LogP contribution >= 0.6 is 0 Å². The van der Waals surface area contributed by atoms with Crippen LogP contribution in [0.2, 0.25) is 0 Å². The molecule has 0 spiro atoms. The SMILES string of the molecule is Cc1cc2c(-c3ccccc3)cccc2[cH-]1.Cc1cc2c(-c3ccccc3)cccc2[cH-]1.Cc1ccc(O)c(C(C)(C)C)c1.Cc1ccc(O)c(C(C)(C)C)c1.[CH2-]C.[Zr+3]. The Morgan fingerprint density at radius 2 is 0.763 bits per heavy atom. The quantitative estimate of drug-likeness (QED) is 0.170. The Morgan fingerprint density at radius 3 is 1.07 bits per heavy atom. The first-order valence-corrected chi connectivity index (χ1v) is 20.2. The normalized spacial score (nSPS) is 10.7. The second-order valence-electron chi connectivity index (χ2n) is 17.0. The van der Waals surface area contributed by atoms with E-state index in [0.717, 1.165) is 11.1 Å². The molecule has 8 aromatic rings. The van der Waals surface area contributed by atoms with E-state index in [1.54, 1.807) is 19.1 Å². The Kier molecular flexibility index (Phi) is 17.9. The van der Waals surface area contributed by atoms with E-state index in [1.165, 1.54) is 66.1 Å². The third kappa shape index (κ3) is 13.5. The Morgan fingerprint density at radius 1 is 0.424 bits per heavy atom. The molecule has 0 aliphatic rings. The summed E-state index contributed by atoms with van der Waals surface area (Å²) >= 11 is 0. The Bertz CT molecular complexity index is 2310. The second kappa shape index (κ2) is 21.9. The summed E-state index contributed by atoms with van der Waals surface area (Å²) in [7, 11) is 0. The van der Waals surface area contributed by atoms with Crippen LogP contribution in [0.4, 0.5) is 0 Å². The van der Waals surface area contributed by atoms with Crippen LogP contribution in [0, 0.1) is 34.6 Å². The summed E-state index contributed by atoms with van der Waals surface area (Å²) in [6.45, 7) is 26.0. The number of aromatic hydroxyl groups is 2. The summed E-state index contributed by atoms with van der Waals surface area (Å²) in [6.07, 6.45) is 0. The van der Waals surface area contributed by atoms with Crippen molar-refractivity contribution in [1.29, 1.82) is 0 Å². The summed E-state index contributed by atoms with van der Waals surface area (Å²) in [5.74, 6) is 0.793. The number of aryl methyl sites for hydroxylation is 4.